The molecule has 0 aliphatic heterocycles. The fourth-order valence-electron chi connectivity index (χ4n) is 0.781. The van der Waals surface area contributed by atoms with Gasteiger partial charge in [-0.05, 0) is 34.7 Å². The molecule has 3 nitrogen and oxygen atoms in total. The maximum atomic E-state index is 5.19. The first-order valence-electron chi connectivity index (χ1n) is 3.48. The summed E-state index contributed by atoms with van der Waals surface area (Å²) in [5.41, 5.74) is 10.4. The van der Waals surface area contributed by atoms with Gasteiger partial charge >= 0.3 is 0 Å². The Hall–Kier alpha value is -0.300. The normalized spacial score (nSPS) is 9.75. The molecule has 0 amide bonds. The van der Waals surface area contributed by atoms with Crippen LogP contribution in [0.25, 0.3) is 0 Å². The molecule has 5 heteroatoms. The molecule has 1 rings (SSSR count). The molecule has 0 radical (unpaired) electrons. The number of hydrogen-bond donors (Lipinski definition) is 2. The van der Waals surface area contributed by atoms with Crippen molar-refractivity contribution in [2.75, 3.05) is 6.54 Å². The van der Waals surface area contributed by atoms with Crippen LogP contribution in [0, 0.1) is 2.88 Å². The molecule has 12 heavy (non-hydrogen) atoms. The van der Waals surface area contributed by atoms with Crippen molar-refractivity contribution >= 4 is 39.9 Å². The predicted molar refractivity (Wildman–Crippen MR) is 61.4 cm³/mol. The van der Waals surface area contributed by atoms with E-state index in [4.69, 9.17) is 11.5 Å². The minimum absolute atomic E-state index is 0.168. The van der Waals surface area contributed by atoms with Crippen molar-refractivity contribution in [2.24, 2.45) is 16.5 Å². The van der Waals surface area contributed by atoms with Gasteiger partial charge < -0.3 is 11.5 Å². The molecule has 0 unspecified atom stereocenters. The maximum Gasteiger partial charge on any atom is 0.185 e. The zero-order chi connectivity index (χ0) is 8.97. The molecule has 0 aromatic carbocycles. The first-order valence-corrected chi connectivity index (χ1v) is 5.37. The molecule has 0 aliphatic carbocycles. The van der Waals surface area contributed by atoms with Crippen LogP contribution in [0.3, 0.4) is 0 Å². The Morgan fingerprint density at radius 2 is 2.25 bits per heavy atom. The summed E-state index contributed by atoms with van der Waals surface area (Å²) in [7, 11) is 0. The van der Waals surface area contributed by atoms with Crippen LogP contribution in [0.4, 0.5) is 0 Å². The highest BCUT2D eigenvalue weighted by molar-refractivity contribution is 14.1. The van der Waals surface area contributed by atoms with Gasteiger partial charge in [-0.1, -0.05) is 0 Å². The smallest absolute Gasteiger partial charge is 0.185 e. The van der Waals surface area contributed by atoms with Crippen molar-refractivity contribution in [3.05, 3.63) is 19.9 Å². The number of thiophene rings is 1. The maximum absolute atomic E-state index is 5.19. The Bertz CT molecular complexity index is 278. The second-order valence-electron chi connectivity index (χ2n) is 2.26. The van der Waals surface area contributed by atoms with E-state index >= 15 is 0 Å². The van der Waals surface area contributed by atoms with Gasteiger partial charge in [-0.3, -0.25) is 4.99 Å². The lowest BCUT2D eigenvalue weighted by Crippen LogP contribution is -2.23. The Morgan fingerprint density at radius 3 is 2.75 bits per heavy atom. The number of halogens is 1. The number of nitrogens with two attached hydrogens (primary N) is 2. The molecule has 0 bridgehead atoms. The van der Waals surface area contributed by atoms with Crippen molar-refractivity contribution in [1.29, 1.82) is 0 Å². The Kier molecular flexibility index (Phi) is 3.80. The van der Waals surface area contributed by atoms with Crippen LogP contribution in [-0.2, 0) is 6.42 Å². The highest BCUT2D eigenvalue weighted by Gasteiger charge is 1.95. The Balaban J connectivity index is 2.38. The van der Waals surface area contributed by atoms with E-state index in [0.717, 1.165) is 6.42 Å². The van der Waals surface area contributed by atoms with Crippen LogP contribution in [0.1, 0.15) is 4.88 Å². The molecular formula is C7H10IN3S. The lowest BCUT2D eigenvalue weighted by atomic mass is 10.3. The molecular weight excluding hydrogens is 285 g/mol. The van der Waals surface area contributed by atoms with Crippen LogP contribution in [0.5, 0.6) is 0 Å². The van der Waals surface area contributed by atoms with Gasteiger partial charge in [-0.15, -0.1) is 11.3 Å². The van der Waals surface area contributed by atoms with Crippen LogP contribution < -0.4 is 11.5 Å². The lowest BCUT2D eigenvalue weighted by molar-refractivity contribution is 0.981. The summed E-state index contributed by atoms with van der Waals surface area (Å²) in [5.74, 6) is 0.168. The summed E-state index contributed by atoms with van der Waals surface area (Å²) in [6.45, 7) is 0.679. The zero-order valence-electron chi connectivity index (χ0n) is 6.46. The van der Waals surface area contributed by atoms with Crippen LogP contribution in [-0.4, -0.2) is 12.5 Å². The van der Waals surface area contributed by atoms with Gasteiger partial charge in [0.25, 0.3) is 0 Å². The second-order valence-corrected chi connectivity index (χ2v) is 5.32. The summed E-state index contributed by atoms with van der Waals surface area (Å²) in [6, 6.07) is 4.20. The van der Waals surface area contributed by atoms with Crippen molar-refractivity contribution < 1.29 is 0 Å². The molecule has 0 spiro atoms. The number of rotatable bonds is 3. The molecule has 0 fully saturated rings. The van der Waals surface area contributed by atoms with Gasteiger partial charge in [0.05, 0.1) is 2.88 Å². The highest BCUT2D eigenvalue weighted by atomic mass is 127. The van der Waals surface area contributed by atoms with Gasteiger partial charge in [-0.2, -0.15) is 0 Å². The summed E-state index contributed by atoms with van der Waals surface area (Å²) in [4.78, 5) is 5.23. The molecule has 0 saturated heterocycles. The quantitative estimate of drug-likeness (QED) is 0.499. The van der Waals surface area contributed by atoms with Crippen LogP contribution in [0.2, 0.25) is 0 Å². The first kappa shape index (κ1) is 9.79. The van der Waals surface area contributed by atoms with Gasteiger partial charge in [-0.25, -0.2) is 0 Å². The fraction of sp³-hybridized carbons (Fsp3) is 0.286. The number of guanidine groups is 1. The van der Waals surface area contributed by atoms with E-state index in [2.05, 4.69) is 39.7 Å². The van der Waals surface area contributed by atoms with Crippen molar-refractivity contribution in [3.63, 3.8) is 0 Å². The van der Waals surface area contributed by atoms with E-state index < -0.39 is 0 Å². The first-order chi connectivity index (χ1) is 5.68. The van der Waals surface area contributed by atoms with Gasteiger partial charge in [0.2, 0.25) is 0 Å². The van der Waals surface area contributed by atoms with Gasteiger partial charge in [0.15, 0.2) is 5.96 Å². The van der Waals surface area contributed by atoms with Crippen molar-refractivity contribution in [3.8, 4) is 0 Å². The third-order valence-electron chi connectivity index (χ3n) is 1.28. The summed E-state index contributed by atoms with van der Waals surface area (Å²) in [5, 5.41) is 0. The predicted octanol–water partition coefficient (Wildman–Crippen LogP) is 1.17. The molecule has 66 valence electrons. The molecule has 1 aromatic heterocycles. The largest absolute Gasteiger partial charge is 0.370 e. The minimum Gasteiger partial charge on any atom is -0.370 e. The molecule has 1 heterocycles. The van der Waals surface area contributed by atoms with Gasteiger partial charge in [0, 0.05) is 17.8 Å². The third kappa shape index (κ3) is 3.40. The van der Waals surface area contributed by atoms with E-state index in [-0.39, 0.29) is 5.96 Å². The molecule has 0 saturated carbocycles. The highest BCUT2D eigenvalue weighted by Crippen LogP contribution is 2.18. The van der Waals surface area contributed by atoms with E-state index in [9.17, 15) is 0 Å². The summed E-state index contributed by atoms with van der Waals surface area (Å²) < 4.78 is 1.30. The Morgan fingerprint density at radius 1 is 1.50 bits per heavy atom. The molecule has 1 aromatic rings. The topological polar surface area (TPSA) is 64.4 Å². The third-order valence-corrected chi connectivity index (χ3v) is 3.24. The molecule has 0 atom stereocenters. The van der Waals surface area contributed by atoms with E-state index in [0.29, 0.717) is 6.54 Å². The van der Waals surface area contributed by atoms with Crippen molar-refractivity contribution in [2.45, 2.75) is 6.42 Å². The second kappa shape index (κ2) is 4.66. The Labute approximate surface area is 89.0 Å². The fourth-order valence-corrected chi connectivity index (χ4v) is 2.53. The standard InChI is InChI=1S/C7H10IN3S/c8-6-2-1-5(12-6)3-4-11-7(9)10/h1-2H,3-4H2,(H4,9,10,11). The van der Waals surface area contributed by atoms with Gasteiger partial charge in [0.1, 0.15) is 0 Å². The zero-order valence-corrected chi connectivity index (χ0v) is 9.43. The average Bonchev–Trinajstić information content (AvgIpc) is 2.35. The van der Waals surface area contributed by atoms with Crippen LogP contribution >= 0.6 is 33.9 Å². The number of aliphatic imine (C=N–C) groups is 1. The average molecular weight is 295 g/mol. The van der Waals surface area contributed by atoms with E-state index in [1.165, 1.54) is 7.76 Å². The molecule has 0 aliphatic rings. The summed E-state index contributed by atoms with van der Waals surface area (Å²) >= 11 is 4.07. The SMILES string of the molecule is NC(N)=NCCc1ccc(I)s1. The van der Waals surface area contributed by atoms with Crippen molar-refractivity contribution in [1.82, 2.24) is 0 Å². The summed E-state index contributed by atoms with van der Waals surface area (Å²) in [6.07, 6.45) is 0.922. The monoisotopic (exact) mass is 295 g/mol. The van der Waals surface area contributed by atoms with E-state index in [1.54, 1.807) is 11.3 Å². The van der Waals surface area contributed by atoms with E-state index in [1.807, 2.05) is 0 Å². The number of nitrogens with zero attached hydrogens (tertiary/aromatic N) is 1. The lowest BCUT2D eigenvalue weighted by Gasteiger charge is -1.92. The minimum atomic E-state index is 0.168. The molecule has 4 N–H and O–H groups in total. The number of hydrogen-bond acceptors (Lipinski definition) is 2. The van der Waals surface area contributed by atoms with Crippen LogP contribution in [0.15, 0.2) is 17.1 Å².